The van der Waals surface area contributed by atoms with Crippen molar-refractivity contribution in [1.82, 2.24) is 0 Å². The van der Waals surface area contributed by atoms with Crippen molar-refractivity contribution in [3.63, 3.8) is 0 Å². The Balaban J connectivity index is -0.0000000800. The zero-order valence-electron chi connectivity index (χ0n) is 3.92. The second-order valence-corrected chi connectivity index (χ2v) is 1.67. The molecule has 0 bridgehead atoms. The van der Waals surface area contributed by atoms with Gasteiger partial charge in [-0.1, -0.05) is 0 Å². The molecule has 0 aliphatic carbocycles. The van der Waals surface area contributed by atoms with Crippen LogP contribution in [0.4, 0.5) is 0 Å². The van der Waals surface area contributed by atoms with Gasteiger partial charge in [-0.15, -0.1) is 0 Å². The second kappa shape index (κ2) is 5.16. The van der Waals surface area contributed by atoms with Crippen LogP contribution < -0.4 is 0 Å². The zero-order valence-corrected chi connectivity index (χ0v) is 7.57. The molecule has 0 aromatic carbocycles. The van der Waals surface area contributed by atoms with E-state index >= 15 is 0 Å². The number of hydrogen-bond acceptors (Lipinski definition) is 3. The van der Waals surface area contributed by atoms with Crippen molar-refractivity contribution in [2.75, 3.05) is 0 Å². The quantitative estimate of drug-likeness (QED) is 0.399. The van der Waals surface area contributed by atoms with Crippen LogP contribution in [0.15, 0.2) is 0 Å². The first-order valence-corrected chi connectivity index (χ1v) is 2.37. The molecular formula is C2H5O3SY-3. The van der Waals surface area contributed by atoms with Gasteiger partial charge >= 0.3 is 0 Å². The van der Waals surface area contributed by atoms with Gasteiger partial charge in [0.05, 0.1) is 0 Å². The molecule has 3 nitrogen and oxygen atoms in total. The minimum absolute atomic E-state index is 0. The van der Waals surface area contributed by atoms with Crippen LogP contribution in [0, 0.1) is 13.7 Å². The summed E-state index contributed by atoms with van der Waals surface area (Å²) in [5.74, 6) is 0. The molecule has 0 aliphatic heterocycles. The maximum Gasteiger partial charge on any atom is 0 e. The van der Waals surface area contributed by atoms with Crippen LogP contribution in [0.3, 0.4) is 0 Å². The van der Waals surface area contributed by atoms with Crippen molar-refractivity contribution in [3.05, 3.63) is 13.7 Å². The van der Waals surface area contributed by atoms with E-state index in [0.717, 1.165) is 0 Å². The Morgan fingerprint density at radius 1 is 1.43 bits per heavy atom. The summed E-state index contributed by atoms with van der Waals surface area (Å²) >= 11 is 0. The van der Waals surface area contributed by atoms with E-state index in [1.807, 2.05) is 0 Å². The topological polar surface area (TPSA) is 57.2 Å². The van der Waals surface area contributed by atoms with E-state index in [-0.39, 0.29) is 40.1 Å². The summed E-state index contributed by atoms with van der Waals surface area (Å²) in [6, 6.07) is 0. The van der Waals surface area contributed by atoms with Gasteiger partial charge in [0, 0.05) is 32.7 Å². The van der Waals surface area contributed by atoms with Crippen LogP contribution in [0.2, 0.25) is 0 Å². The molecule has 0 amide bonds. The van der Waals surface area contributed by atoms with Crippen molar-refractivity contribution >= 4 is 10.1 Å². The Hall–Kier alpha value is 1.01. The van der Waals surface area contributed by atoms with Gasteiger partial charge in [0.1, 0.15) is 0 Å². The Bertz CT molecular complexity index is 96.1. The summed E-state index contributed by atoms with van der Waals surface area (Å²) in [5, 5.41) is 0. The molecule has 0 N–H and O–H groups in total. The molecule has 0 fully saturated rings. The molecule has 0 atom stereocenters. The molecule has 7 heavy (non-hydrogen) atoms. The molecule has 0 aliphatic rings. The van der Waals surface area contributed by atoms with Crippen LogP contribution in [-0.4, -0.2) is 13.0 Å². The van der Waals surface area contributed by atoms with E-state index in [4.69, 9.17) is 13.0 Å². The largest absolute Gasteiger partial charge is 0.774 e. The molecule has 43 valence electrons. The third-order valence-corrected chi connectivity index (χ3v) is 0. The molecule has 0 saturated carbocycles. The van der Waals surface area contributed by atoms with Crippen molar-refractivity contribution in [1.29, 1.82) is 0 Å². The van der Waals surface area contributed by atoms with Crippen molar-refractivity contribution < 1.29 is 45.7 Å². The monoisotopic (exact) mass is 198 g/mol. The van der Waals surface area contributed by atoms with Gasteiger partial charge in [-0.25, -0.2) is 6.26 Å². The SMILES string of the molecule is [CH2-]S(=O)(=O)[O-].[CH3-].[Y]. The summed E-state index contributed by atoms with van der Waals surface area (Å²) in [6.45, 7) is 0. The summed E-state index contributed by atoms with van der Waals surface area (Å²) in [7, 11) is -4.17. The van der Waals surface area contributed by atoms with Gasteiger partial charge in [-0.2, -0.15) is 0 Å². The van der Waals surface area contributed by atoms with Crippen molar-refractivity contribution in [2.45, 2.75) is 0 Å². The van der Waals surface area contributed by atoms with Gasteiger partial charge in [0.2, 0.25) is 0 Å². The molecular weight excluding hydrogens is 193 g/mol. The summed E-state index contributed by atoms with van der Waals surface area (Å²) < 4.78 is 26.9. The predicted molar refractivity (Wildman–Crippen MR) is 21.5 cm³/mol. The van der Waals surface area contributed by atoms with Crippen LogP contribution in [0.5, 0.6) is 0 Å². The predicted octanol–water partition coefficient (Wildman–Crippen LogP) is -0.229. The average Bonchev–Trinajstić information content (AvgIpc) is 0.722. The first-order valence-electron chi connectivity index (χ1n) is 0.789. The molecule has 0 heterocycles. The fourth-order valence-electron chi connectivity index (χ4n) is 0. The third kappa shape index (κ3) is 172. The first-order chi connectivity index (χ1) is 2.00. The smallest absolute Gasteiger partial charge is 0 e. The van der Waals surface area contributed by atoms with E-state index in [0.29, 0.717) is 0 Å². The molecule has 0 saturated heterocycles. The van der Waals surface area contributed by atoms with E-state index in [1.165, 1.54) is 0 Å². The molecule has 0 unspecified atom stereocenters. The Morgan fingerprint density at radius 3 is 1.43 bits per heavy atom. The number of rotatable bonds is 0. The minimum atomic E-state index is -4.17. The molecule has 0 aromatic rings. The Labute approximate surface area is 69.1 Å². The van der Waals surface area contributed by atoms with Gasteiger partial charge < -0.3 is 12.0 Å². The van der Waals surface area contributed by atoms with E-state index < -0.39 is 10.1 Å². The van der Waals surface area contributed by atoms with Crippen molar-refractivity contribution in [2.24, 2.45) is 0 Å². The Morgan fingerprint density at radius 2 is 1.43 bits per heavy atom. The fourth-order valence-corrected chi connectivity index (χ4v) is 0. The third-order valence-electron chi connectivity index (χ3n) is 0. The summed E-state index contributed by atoms with van der Waals surface area (Å²) in [6.07, 6.45) is 2.19. The van der Waals surface area contributed by atoms with Crippen molar-refractivity contribution in [3.8, 4) is 0 Å². The molecule has 0 rings (SSSR count). The van der Waals surface area contributed by atoms with E-state index in [1.54, 1.807) is 0 Å². The average molecular weight is 198 g/mol. The van der Waals surface area contributed by atoms with Gasteiger partial charge in [0.15, 0.2) is 0 Å². The van der Waals surface area contributed by atoms with Gasteiger partial charge in [-0.3, -0.25) is 8.42 Å². The zero-order chi connectivity index (χ0) is 4.50. The Kier molecular flexibility index (Phi) is 11.6. The van der Waals surface area contributed by atoms with Crippen LogP contribution in [0.25, 0.3) is 0 Å². The number of hydrogen-bond donors (Lipinski definition) is 0. The van der Waals surface area contributed by atoms with Crippen LogP contribution in [0.1, 0.15) is 0 Å². The molecule has 5 heteroatoms. The van der Waals surface area contributed by atoms with Gasteiger partial charge in [0.25, 0.3) is 0 Å². The van der Waals surface area contributed by atoms with Crippen LogP contribution in [-0.2, 0) is 42.8 Å². The van der Waals surface area contributed by atoms with Gasteiger partial charge in [-0.05, 0) is 10.1 Å². The summed E-state index contributed by atoms with van der Waals surface area (Å²) in [5.41, 5.74) is 0. The molecule has 0 aromatic heterocycles. The molecule has 1 radical (unpaired) electrons. The maximum absolute atomic E-state index is 8.97. The second-order valence-electron chi connectivity index (χ2n) is 0.558. The molecule has 0 spiro atoms. The van der Waals surface area contributed by atoms with E-state index in [2.05, 4.69) is 6.26 Å². The van der Waals surface area contributed by atoms with Crippen LogP contribution >= 0.6 is 0 Å². The van der Waals surface area contributed by atoms with E-state index in [9.17, 15) is 0 Å². The normalized spacial score (nSPS) is 8.29. The standard InChI is InChI=1S/CH3O3S.CH3.Y/c1-5(2,3)4;;/h1H2,(H,2,3,4);1H3;/q2*-1;/p-1. The maximum atomic E-state index is 8.97. The fraction of sp³-hybridized carbons (Fsp3) is 0. The summed E-state index contributed by atoms with van der Waals surface area (Å²) in [4.78, 5) is 0. The first kappa shape index (κ1) is 15.7. The minimum Gasteiger partial charge on any atom is -0.774 e.